The van der Waals surface area contributed by atoms with Gasteiger partial charge in [-0.2, -0.15) is 0 Å². The van der Waals surface area contributed by atoms with E-state index in [0.29, 0.717) is 16.6 Å². The summed E-state index contributed by atoms with van der Waals surface area (Å²) in [7, 11) is 0. The van der Waals surface area contributed by atoms with Crippen molar-refractivity contribution in [2.24, 2.45) is 0 Å². The molecule has 1 N–H and O–H groups in total. The van der Waals surface area contributed by atoms with Gasteiger partial charge >= 0.3 is 5.97 Å². The highest BCUT2D eigenvalue weighted by atomic mass is 35.5. The monoisotopic (exact) mass is 328 g/mol. The lowest BCUT2D eigenvalue weighted by Crippen LogP contribution is -2.28. The van der Waals surface area contributed by atoms with Gasteiger partial charge in [-0.15, -0.1) is 0 Å². The van der Waals surface area contributed by atoms with Gasteiger partial charge in [-0.1, -0.05) is 29.3 Å². The third-order valence-electron chi connectivity index (χ3n) is 3.62. The maximum atomic E-state index is 12.6. The molecule has 0 amide bonds. The number of hydrogen-bond donors (Lipinski definition) is 1. The molecule has 3 aromatic rings. The average molecular weight is 329 g/mol. The van der Waals surface area contributed by atoms with Crippen molar-refractivity contribution in [1.82, 2.24) is 9.55 Å². The first-order valence-electron chi connectivity index (χ1n) is 6.95. The predicted octanol–water partition coefficient (Wildman–Crippen LogP) is 3.10. The van der Waals surface area contributed by atoms with E-state index in [4.69, 9.17) is 11.6 Å². The highest BCUT2D eigenvalue weighted by molar-refractivity contribution is 6.38. The predicted molar refractivity (Wildman–Crippen MR) is 88.3 cm³/mol. The Labute approximate surface area is 136 Å². The molecule has 0 spiro atoms. The Hall–Kier alpha value is -2.66. The summed E-state index contributed by atoms with van der Waals surface area (Å²) >= 11 is 6.18. The van der Waals surface area contributed by atoms with Crippen molar-refractivity contribution in [3.05, 3.63) is 74.8 Å². The molecular formula is C17H13ClN2O3. The van der Waals surface area contributed by atoms with Gasteiger partial charge in [0.05, 0.1) is 22.8 Å². The van der Waals surface area contributed by atoms with Crippen LogP contribution in [-0.2, 0) is 6.54 Å². The highest BCUT2D eigenvalue weighted by Crippen LogP contribution is 2.26. The van der Waals surface area contributed by atoms with Gasteiger partial charge in [-0.3, -0.25) is 9.78 Å². The van der Waals surface area contributed by atoms with Crippen molar-refractivity contribution < 1.29 is 9.90 Å². The second-order valence-electron chi connectivity index (χ2n) is 5.23. The van der Waals surface area contributed by atoms with Crippen LogP contribution in [0.1, 0.15) is 21.6 Å². The molecule has 0 fully saturated rings. The Bertz CT molecular complexity index is 965. The highest BCUT2D eigenvalue weighted by Gasteiger charge is 2.21. The number of carboxylic acids is 1. The second kappa shape index (κ2) is 5.85. The van der Waals surface area contributed by atoms with E-state index in [-0.39, 0.29) is 11.6 Å². The van der Waals surface area contributed by atoms with E-state index in [1.165, 1.54) is 4.57 Å². The fraction of sp³-hybridized carbons (Fsp3) is 0.118. The number of fused-ring (bicyclic) bond motifs is 1. The van der Waals surface area contributed by atoms with E-state index >= 15 is 0 Å². The van der Waals surface area contributed by atoms with Gasteiger partial charge in [0.25, 0.3) is 5.56 Å². The first-order valence-corrected chi connectivity index (χ1v) is 7.32. The number of carbonyl (C=O) groups is 1. The van der Waals surface area contributed by atoms with Crippen LogP contribution in [-0.4, -0.2) is 20.6 Å². The number of halogens is 1. The van der Waals surface area contributed by atoms with Gasteiger partial charge in [-0.05, 0) is 31.2 Å². The van der Waals surface area contributed by atoms with Crippen LogP contribution in [0.4, 0.5) is 0 Å². The Morgan fingerprint density at radius 1 is 1.30 bits per heavy atom. The number of pyridine rings is 2. The van der Waals surface area contributed by atoms with Crippen molar-refractivity contribution in [1.29, 1.82) is 0 Å². The summed E-state index contributed by atoms with van der Waals surface area (Å²) in [5.41, 5.74) is 1.13. The molecule has 0 aliphatic rings. The van der Waals surface area contributed by atoms with Gasteiger partial charge in [0.2, 0.25) is 0 Å². The van der Waals surface area contributed by atoms with Crippen molar-refractivity contribution in [2.45, 2.75) is 13.5 Å². The lowest BCUT2D eigenvalue weighted by molar-refractivity contribution is 0.0694. The fourth-order valence-electron chi connectivity index (χ4n) is 2.53. The molecule has 3 rings (SSSR count). The quantitative estimate of drug-likeness (QED) is 0.802. The fourth-order valence-corrected chi connectivity index (χ4v) is 2.84. The lowest BCUT2D eigenvalue weighted by atomic mass is 10.1. The topological polar surface area (TPSA) is 72.2 Å². The average Bonchev–Trinajstić information content (AvgIpc) is 2.52. The summed E-state index contributed by atoms with van der Waals surface area (Å²) in [6.45, 7) is 2.06. The summed E-state index contributed by atoms with van der Waals surface area (Å²) in [4.78, 5) is 28.3. The maximum Gasteiger partial charge on any atom is 0.342 e. The minimum Gasteiger partial charge on any atom is -0.477 e. The summed E-state index contributed by atoms with van der Waals surface area (Å²) in [5, 5.41) is 9.86. The molecule has 2 aromatic heterocycles. The number of nitrogens with zero attached hydrogens (tertiary/aromatic N) is 2. The SMILES string of the molecule is Cc1ccc2c(c1)c(Cl)c(C(=O)O)c(=O)n2Cc1ccccn1. The summed E-state index contributed by atoms with van der Waals surface area (Å²) in [6, 6.07) is 10.8. The van der Waals surface area contributed by atoms with E-state index in [9.17, 15) is 14.7 Å². The van der Waals surface area contributed by atoms with Crippen LogP contribution in [0.25, 0.3) is 10.9 Å². The first-order chi connectivity index (χ1) is 11.0. The Balaban J connectivity index is 2.35. The van der Waals surface area contributed by atoms with E-state index in [1.807, 2.05) is 19.1 Å². The largest absolute Gasteiger partial charge is 0.477 e. The molecule has 0 saturated heterocycles. The number of rotatable bonds is 3. The normalized spacial score (nSPS) is 10.9. The van der Waals surface area contributed by atoms with E-state index in [1.54, 1.807) is 30.5 Å². The zero-order chi connectivity index (χ0) is 16.6. The lowest BCUT2D eigenvalue weighted by Gasteiger charge is -2.13. The van der Waals surface area contributed by atoms with Crippen molar-refractivity contribution >= 4 is 28.5 Å². The number of hydrogen-bond acceptors (Lipinski definition) is 3. The number of aryl methyl sites for hydroxylation is 1. The van der Waals surface area contributed by atoms with E-state index in [0.717, 1.165) is 5.56 Å². The molecule has 0 aliphatic carbocycles. The van der Waals surface area contributed by atoms with Crippen LogP contribution in [0, 0.1) is 6.92 Å². The Morgan fingerprint density at radius 3 is 2.74 bits per heavy atom. The van der Waals surface area contributed by atoms with E-state index < -0.39 is 17.1 Å². The van der Waals surface area contributed by atoms with Gasteiger partial charge in [-0.25, -0.2) is 4.79 Å². The number of carboxylic acid groups (broad SMARTS) is 1. The van der Waals surface area contributed by atoms with Crippen LogP contribution in [0.15, 0.2) is 47.4 Å². The first kappa shape index (κ1) is 15.2. The van der Waals surface area contributed by atoms with Crippen molar-refractivity contribution in [3.8, 4) is 0 Å². The summed E-state index contributed by atoms with van der Waals surface area (Å²) < 4.78 is 1.40. The Kier molecular flexibility index (Phi) is 3.88. The summed E-state index contributed by atoms with van der Waals surface area (Å²) in [5.74, 6) is -1.34. The second-order valence-corrected chi connectivity index (χ2v) is 5.61. The molecule has 1 aromatic carbocycles. The molecule has 6 heteroatoms. The minimum atomic E-state index is -1.34. The van der Waals surface area contributed by atoms with Crippen LogP contribution in [0.2, 0.25) is 5.02 Å². The third kappa shape index (κ3) is 2.71. The molecule has 0 radical (unpaired) electrons. The third-order valence-corrected chi connectivity index (χ3v) is 4.01. The molecule has 2 heterocycles. The molecular weight excluding hydrogens is 316 g/mol. The van der Waals surface area contributed by atoms with Crippen LogP contribution >= 0.6 is 11.6 Å². The van der Waals surface area contributed by atoms with Gasteiger partial charge in [0.1, 0.15) is 5.56 Å². The number of aromatic nitrogens is 2. The van der Waals surface area contributed by atoms with Gasteiger partial charge < -0.3 is 9.67 Å². The number of aromatic carboxylic acids is 1. The standard InChI is InChI=1S/C17H13ClN2O3/c1-10-5-6-13-12(8-10)15(18)14(17(22)23)16(21)20(13)9-11-4-2-3-7-19-11/h2-8H,9H2,1H3,(H,22,23). The zero-order valence-corrected chi connectivity index (χ0v) is 13.0. The van der Waals surface area contributed by atoms with Gasteiger partial charge in [0, 0.05) is 11.6 Å². The number of benzene rings is 1. The molecule has 0 saturated carbocycles. The van der Waals surface area contributed by atoms with Crippen LogP contribution in [0.5, 0.6) is 0 Å². The smallest absolute Gasteiger partial charge is 0.342 e. The molecule has 0 atom stereocenters. The maximum absolute atomic E-state index is 12.6. The molecule has 23 heavy (non-hydrogen) atoms. The molecule has 5 nitrogen and oxygen atoms in total. The van der Waals surface area contributed by atoms with Gasteiger partial charge in [0.15, 0.2) is 0 Å². The van der Waals surface area contributed by atoms with Crippen molar-refractivity contribution in [2.75, 3.05) is 0 Å². The van der Waals surface area contributed by atoms with Crippen LogP contribution in [0.3, 0.4) is 0 Å². The summed E-state index contributed by atoms with van der Waals surface area (Å²) in [6.07, 6.45) is 1.63. The Morgan fingerprint density at radius 2 is 2.09 bits per heavy atom. The van der Waals surface area contributed by atoms with Crippen LogP contribution < -0.4 is 5.56 Å². The zero-order valence-electron chi connectivity index (χ0n) is 12.3. The molecule has 0 aliphatic heterocycles. The minimum absolute atomic E-state index is 0.0292. The molecule has 116 valence electrons. The molecule has 0 bridgehead atoms. The van der Waals surface area contributed by atoms with E-state index in [2.05, 4.69) is 4.98 Å². The molecule has 0 unspecified atom stereocenters. The van der Waals surface area contributed by atoms with Crippen molar-refractivity contribution in [3.63, 3.8) is 0 Å².